The number of rotatable bonds is 8. The van der Waals surface area contributed by atoms with Crippen LogP contribution >= 0.6 is 0 Å². The Labute approximate surface area is 278 Å². The number of ketones is 1. The monoisotopic (exact) mass is 760 g/mol. The molecule has 0 bridgehead atoms. The Morgan fingerprint density at radius 3 is 2.21 bits per heavy atom. The zero-order chi connectivity index (χ0) is 34.1. The van der Waals surface area contributed by atoms with Gasteiger partial charge in [-0.2, -0.15) is 6.08 Å². The molecule has 233 valence electrons. The van der Waals surface area contributed by atoms with Gasteiger partial charge >= 0.3 is 0 Å². The van der Waals surface area contributed by atoms with Crippen LogP contribution in [0.25, 0.3) is 33.2 Å². The third-order valence-corrected chi connectivity index (χ3v) is 9.32. The van der Waals surface area contributed by atoms with E-state index in [0.717, 1.165) is 60.5 Å². The molecule has 0 N–H and O–H groups in total. The van der Waals surface area contributed by atoms with Crippen LogP contribution in [0.15, 0.2) is 64.6 Å². The van der Waals surface area contributed by atoms with Crippen LogP contribution in [0, 0.1) is 24.8 Å². The van der Waals surface area contributed by atoms with E-state index in [2.05, 4.69) is 85.5 Å². The van der Waals surface area contributed by atoms with Gasteiger partial charge in [0.1, 0.15) is 11.2 Å². The van der Waals surface area contributed by atoms with Crippen molar-refractivity contribution < 1.29 is 34.8 Å². The second-order valence-electron chi connectivity index (χ2n) is 12.9. The molecule has 0 spiro atoms. The first-order valence-corrected chi connectivity index (χ1v) is 15.5. The molecule has 0 amide bonds. The largest absolute Gasteiger partial charge is 0.464 e. The summed E-state index contributed by atoms with van der Waals surface area (Å²) >= 11 is 0. The van der Waals surface area contributed by atoms with Crippen molar-refractivity contribution >= 4 is 27.7 Å². The Kier molecular flexibility index (Phi) is 9.73. The first-order valence-electron chi connectivity index (χ1n) is 17.5. The van der Waals surface area contributed by atoms with Gasteiger partial charge in [-0.05, 0) is 74.5 Å². The summed E-state index contributed by atoms with van der Waals surface area (Å²) in [7, 11) is 0. The minimum absolute atomic E-state index is 0. The predicted molar refractivity (Wildman–Crippen MR) is 178 cm³/mol. The molecule has 4 heteroatoms. The van der Waals surface area contributed by atoms with E-state index in [9.17, 15) is 4.79 Å². The molecular weight excluding hydrogens is 707 g/mol. The number of aromatic nitrogens is 1. The molecule has 0 unspecified atom stereocenters. The molecule has 3 nitrogen and oxygen atoms in total. The first kappa shape index (κ1) is 29.1. The maximum absolute atomic E-state index is 11.8. The SMILES string of the molecule is [2H]c1[c-]c(-c2nccc3c2oc2cc4c(cc23)C(C)(C)CCC4(C)C)c([2H])c([2H])c1[2H].[CH2-]/C(=C\C(=O)C(CC)CC)C(CC)CC.[Ir]. The van der Waals surface area contributed by atoms with Crippen molar-refractivity contribution in [3.63, 3.8) is 0 Å². The summed E-state index contributed by atoms with van der Waals surface area (Å²) in [6.45, 7) is 21.6. The van der Waals surface area contributed by atoms with Gasteiger partial charge in [0, 0.05) is 51.4 Å². The first-order chi connectivity index (χ1) is 21.6. The average molecular weight is 760 g/mol. The molecule has 0 fully saturated rings. The summed E-state index contributed by atoms with van der Waals surface area (Å²) in [5, 5.41) is 1.90. The zero-order valence-electron chi connectivity index (χ0n) is 31.1. The van der Waals surface area contributed by atoms with Crippen molar-refractivity contribution in [1.29, 1.82) is 0 Å². The molecular formula is C39H49IrNO2-2. The Hall–Kier alpha value is -2.68. The van der Waals surface area contributed by atoms with E-state index in [0.29, 0.717) is 17.2 Å². The second-order valence-corrected chi connectivity index (χ2v) is 12.9. The number of allylic oxidation sites excluding steroid dienone is 2. The van der Waals surface area contributed by atoms with Crippen LogP contribution < -0.4 is 0 Å². The fraction of sp³-hybridized carbons (Fsp3) is 0.462. The van der Waals surface area contributed by atoms with Gasteiger partial charge in [0.2, 0.25) is 0 Å². The summed E-state index contributed by atoms with van der Waals surface area (Å²) in [6, 6.07) is 8.08. The molecule has 0 saturated carbocycles. The maximum atomic E-state index is 11.8. The van der Waals surface area contributed by atoms with Gasteiger partial charge in [0.25, 0.3) is 0 Å². The molecule has 0 aliphatic heterocycles. The summed E-state index contributed by atoms with van der Waals surface area (Å²) in [4.78, 5) is 16.3. The number of furan rings is 1. The van der Waals surface area contributed by atoms with Crippen molar-refractivity contribution in [2.75, 3.05) is 0 Å². The minimum atomic E-state index is -0.303. The minimum Gasteiger partial charge on any atom is -0.464 e. The number of carbonyl (C=O) groups is 1. The van der Waals surface area contributed by atoms with Crippen molar-refractivity contribution in [3.05, 3.63) is 84.3 Å². The molecule has 5 rings (SSSR count). The van der Waals surface area contributed by atoms with Gasteiger partial charge in [-0.15, -0.1) is 35.8 Å². The molecule has 1 radical (unpaired) electrons. The van der Waals surface area contributed by atoms with Gasteiger partial charge in [-0.3, -0.25) is 0 Å². The molecule has 1 aliphatic carbocycles. The zero-order valence-corrected chi connectivity index (χ0v) is 29.5. The third kappa shape index (κ3) is 7.35. The van der Waals surface area contributed by atoms with Gasteiger partial charge in [-0.1, -0.05) is 68.2 Å². The Morgan fingerprint density at radius 1 is 1.00 bits per heavy atom. The van der Waals surface area contributed by atoms with Crippen LogP contribution in [0.2, 0.25) is 0 Å². The van der Waals surface area contributed by atoms with Crippen molar-refractivity contribution in [1.82, 2.24) is 4.98 Å². The van der Waals surface area contributed by atoms with E-state index >= 15 is 0 Å². The summed E-state index contributed by atoms with van der Waals surface area (Å²) in [5.41, 5.74) is 5.70. The number of pyridine rings is 1. The van der Waals surface area contributed by atoms with Crippen molar-refractivity contribution in [2.45, 2.75) is 105 Å². The van der Waals surface area contributed by atoms with Crippen molar-refractivity contribution in [2.24, 2.45) is 11.8 Å². The fourth-order valence-corrected chi connectivity index (χ4v) is 6.23. The predicted octanol–water partition coefficient (Wildman–Crippen LogP) is 11.0. The van der Waals surface area contributed by atoms with Gasteiger partial charge < -0.3 is 14.2 Å². The number of hydrogen-bond acceptors (Lipinski definition) is 3. The quantitative estimate of drug-likeness (QED) is 0.133. The van der Waals surface area contributed by atoms with E-state index in [1.165, 1.54) is 11.1 Å². The molecule has 2 aromatic heterocycles. The summed E-state index contributed by atoms with van der Waals surface area (Å²) in [6.07, 6.45) is 9.68. The molecule has 2 aromatic carbocycles. The number of nitrogens with zero attached hydrogens (tertiary/aromatic N) is 1. The number of benzene rings is 2. The summed E-state index contributed by atoms with van der Waals surface area (Å²) < 4.78 is 38.4. The van der Waals surface area contributed by atoms with Crippen LogP contribution in [0.1, 0.15) is 111 Å². The van der Waals surface area contributed by atoms with Crippen molar-refractivity contribution in [3.8, 4) is 11.3 Å². The van der Waals surface area contributed by atoms with Gasteiger partial charge in [-0.25, -0.2) is 12.5 Å². The van der Waals surface area contributed by atoms with Crippen LogP contribution in [-0.2, 0) is 35.7 Å². The Morgan fingerprint density at radius 2 is 1.60 bits per heavy atom. The molecule has 0 atom stereocenters. The smallest absolute Gasteiger partial charge is 0.134 e. The Bertz CT molecular complexity index is 1780. The van der Waals surface area contributed by atoms with Crippen LogP contribution in [0.4, 0.5) is 0 Å². The van der Waals surface area contributed by atoms with E-state index in [-0.39, 0.29) is 72.4 Å². The maximum Gasteiger partial charge on any atom is 0.134 e. The van der Waals surface area contributed by atoms with E-state index in [1.54, 1.807) is 12.3 Å². The molecule has 2 heterocycles. The normalized spacial score (nSPS) is 16.9. The van der Waals surface area contributed by atoms with E-state index < -0.39 is 0 Å². The van der Waals surface area contributed by atoms with E-state index in [1.807, 2.05) is 6.07 Å². The van der Waals surface area contributed by atoms with Crippen LogP contribution in [0.5, 0.6) is 0 Å². The molecule has 4 aromatic rings. The summed E-state index contributed by atoms with van der Waals surface area (Å²) in [5.74, 6) is 0.927. The van der Waals surface area contributed by atoms with Crippen LogP contribution in [-0.4, -0.2) is 10.8 Å². The number of hydrogen-bond donors (Lipinski definition) is 0. The third-order valence-electron chi connectivity index (χ3n) is 9.32. The van der Waals surface area contributed by atoms with Crippen LogP contribution in [0.3, 0.4) is 0 Å². The molecule has 0 saturated heterocycles. The number of fused-ring (bicyclic) bond motifs is 4. The fourth-order valence-electron chi connectivity index (χ4n) is 6.23. The van der Waals surface area contributed by atoms with Gasteiger partial charge in [0.05, 0.1) is 5.78 Å². The van der Waals surface area contributed by atoms with Gasteiger partial charge in [0.15, 0.2) is 0 Å². The molecule has 1 aliphatic rings. The molecule has 43 heavy (non-hydrogen) atoms. The topological polar surface area (TPSA) is 43.1 Å². The standard InChI is InChI=1S/C25H24NO.C14H25O.Ir/c1-24(2)11-12-25(3,4)20-15-21-18(14-19(20)24)17-10-13-26-22(23(17)27-21)16-8-6-5-7-9-16;1-6-12(7-2)11(5)10-14(15)13(8-3)9-4;/h5-8,10,13-15H,11-12H2,1-4H3;10,12-13H,5-9H2,1-4H3;/q2*-1;/b;11-10+;/i5D,6D,7D,8D;;. The Balaban J connectivity index is 0.000000322. The average Bonchev–Trinajstić information content (AvgIpc) is 3.39. The van der Waals surface area contributed by atoms with E-state index in [4.69, 9.17) is 9.90 Å². The number of carbonyl (C=O) groups excluding carboxylic acids is 1. The second kappa shape index (κ2) is 14.4.